The number of amides is 1. The zero-order valence-electron chi connectivity index (χ0n) is 12.5. The second kappa shape index (κ2) is 6.56. The van der Waals surface area contributed by atoms with Crippen LogP contribution in [-0.4, -0.2) is 15.7 Å². The number of nitrogens with one attached hydrogen (secondary N) is 1. The van der Waals surface area contributed by atoms with Gasteiger partial charge in [0.2, 0.25) is 5.91 Å². The van der Waals surface area contributed by atoms with E-state index in [2.05, 4.69) is 26.3 Å². The Morgan fingerprint density at radius 2 is 1.91 bits per heavy atom. The summed E-state index contributed by atoms with van der Waals surface area (Å²) in [5.74, 6) is -0.309. The predicted molar refractivity (Wildman–Crippen MR) is 84.2 cm³/mol. The molecule has 2 rings (SSSR count). The molecular weight excluding hydrogens is 356 g/mol. The monoisotopic (exact) mass is 371 g/mol. The summed E-state index contributed by atoms with van der Waals surface area (Å²) in [5, 5.41) is 6.60. The van der Waals surface area contributed by atoms with E-state index in [1.165, 1.54) is 4.68 Å². The molecule has 0 spiro atoms. The number of hydrogen-bond acceptors (Lipinski definition) is 2. The molecule has 0 aliphatic carbocycles. The van der Waals surface area contributed by atoms with Gasteiger partial charge in [-0.25, -0.2) is 8.78 Å². The summed E-state index contributed by atoms with van der Waals surface area (Å²) in [7, 11) is 0. The first kappa shape index (κ1) is 16.6. The zero-order chi connectivity index (χ0) is 16.4. The topological polar surface area (TPSA) is 46.9 Å². The van der Waals surface area contributed by atoms with E-state index < -0.39 is 6.43 Å². The van der Waals surface area contributed by atoms with Crippen LogP contribution in [0.2, 0.25) is 0 Å². The number of aryl methyl sites for hydroxylation is 2. The Hall–Kier alpha value is -1.76. The smallest absolute Gasteiger partial charge is 0.283 e. The van der Waals surface area contributed by atoms with Crippen molar-refractivity contribution in [3.8, 4) is 0 Å². The van der Waals surface area contributed by atoms with E-state index in [4.69, 9.17) is 0 Å². The van der Waals surface area contributed by atoms with Gasteiger partial charge >= 0.3 is 0 Å². The molecule has 0 saturated heterocycles. The lowest BCUT2D eigenvalue weighted by atomic mass is 10.1. The van der Waals surface area contributed by atoms with Crippen LogP contribution in [0.15, 0.2) is 22.7 Å². The molecule has 118 valence electrons. The van der Waals surface area contributed by atoms with Gasteiger partial charge in [-0.05, 0) is 47.8 Å². The molecule has 1 amide bonds. The van der Waals surface area contributed by atoms with E-state index >= 15 is 0 Å². The number of nitrogens with zero attached hydrogens (tertiary/aromatic N) is 2. The quantitative estimate of drug-likeness (QED) is 0.877. The Balaban J connectivity index is 2.18. The molecule has 22 heavy (non-hydrogen) atoms. The molecule has 0 saturated carbocycles. The summed E-state index contributed by atoms with van der Waals surface area (Å²) >= 11 is 3.09. The number of carbonyl (C=O) groups excluding carboxylic acids is 1. The first-order chi connectivity index (χ1) is 10.3. The van der Waals surface area contributed by atoms with E-state index in [0.29, 0.717) is 5.69 Å². The van der Waals surface area contributed by atoms with Crippen LogP contribution < -0.4 is 5.32 Å². The fourth-order valence-corrected chi connectivity index (χ4v) is 2.62. The molecule has 1 heterocycles. The van der Waals surface area contributed by atoms with Crippen molar-refractivity contribution in [3.05, 3.63) is 45.2 Å². The third kappa shape index (κ3) is 3.35. The number of carbonyl (C=O) groups is 1. The number of para-hydroxylation sites is 1. The van der Waals surface area contributed by atoms with Crippen LogP contribution in [0.4, 0.5) is 14.5 Å². The fraction of sp³-hybridized carbons (Fsp3) is 0.333. The Morgan fingerprint density at radius 1 is 1.32 bits per heavy atom. The molecule has 2 aromatic rings. The molecule has 1 aromatic carbocycles. The molecule has 4 nitrogen and oxygen atoms in total. The number of hydrogen-bond donors (Lipinski definition) is 1. The Morgan fingerprint density at radius 3 is 2.41 bits per heavy atom. The lowest BCUT2D eigenvalue weighted by Crippen LogP contribution is -2.21. The summed E-state index contributed by atoms with van der Waals surface area (Å²) < 4.78 is 27.1. The van der Waals surface area contributed by atoms with E-state index in [1.54, 1.807) is 6.92 Å². The molecule has 1 N–H and O–H groups in total. The maximum atomic E-state index is 12.8. The van der Waals surface area contributed by atoms with Crippen molar-refractivity contribution in [1.82, 2.24) is 9.78 Å². The Labute approximate surface area is 135 Å². The van der Waals surface area contributed by atoms with Crippen LogP contribution in [0, 0.1) is 20.8 Å². The van der Waals surface area contributed by atoms with E-state index in [0.717, 1.165) is 16.8 Å². The molecular formula is C15H16BrF2N3O. The van der Waals surface area contributed by atoms with E-state index in [1.807, 2.05) is 32.0 Å². The van der Waals surface area contributed by atoms with Gasteiger partial charge in [0.05, 0.1) is 10.2 Å². The highest BCUT2D eigenvalue weighted by Gasteiger charge is 2.21. The maximum absolute atomic E-state index is 12.8. The summed E-state index contributed by atoms with van der Waals surface area (Å²) in [4.78, 5) is 12.2. The van der Waals surface area contributed by atoms with Crippen LogP contribution in [-0.2, 0) is 11.3 Å². The van der Waals surface area contributed by atoms with Gasteiger partial charge in [0.1, 0.15) is 12.2 Å². The summed E-state index contributed by atoms with van der Waals surface area (Å²) in [6.07, 6.45) is -2.68. The molecule has 0 atom stereocenters. The SMILES string of the molecule is Cc1cccc(C)c1NC(=O)Cn1nc(C(F)F)c(Br)c1C. The third-order valence-electron chi connectivity index (χ3n) is 3.40. The second-order valence-corrected chi connectivity index (χ2v) is 5.85. The van der Waals surface area contributed by atoms with Crippen LogP contribution in [0.3, 0.4) is 0 Å². The van der Waals surface area contributed by atoms with Gasteiger partial charge in [-0.3, -0.25) is 9.48 Å². The molecule has 7 heteroatoms. The van der Waals surface area contributed by atoms with Crippen LogP contribution in [0.5, 0.6) is 0 Å². The third-order valence-corrected chi connectivity index (χ3v) is 4.38. The minimum atomic E-state index is -2.68. The van der Waals surface area contributed by atoms with Gasteiger partial charge in [0.15, 0.2) is 0 Å². The van der Waals surface area contributed by atoms with E-state index in [-0.39, 0.29) is 22.6 Å². The van der Waals surface area contributed by atoms with Crippen LogP contribution in [0.25, 0.3) is 0 Å². The zero-order valence-corrected chi connectivity index (χ0v) is 14.0. The van der Waals surface area contributed by atoms with Crippen molar-refractivity contribution in [2.75, 3.05) is 5.32 Å². The highest BCUT2D eigenvalue weighted by atomic mass is 79.9. The highest BCUT2D eigenvalue weighted by Crippen LogP contribution is 2.29. The summed E-state index contributed by atoms with van der Waals surface area (Å²) in [6.45, 7) is 5.31. The van der Waals surface area contributed by atoms with Crippen molar-refractivity contribution in [3.63, 3.8) is 0 Å². The number of aromatic nitrogens is 2. The van der Waals surface area contributed by atoms with Crippen molar-refractivity contribution < 1.29 is 13.6 Å². The standard InChI is InChI=1S/C15H16BrF2N3O/c1-8-5-4-6-9(2)13(8)19-11(22)7-21-10(3)12(16)14(20-21)15(17)18/h4-6,15H,7H2,1-3H3,(H,19,22). The summed E-state index contributed by atoms with van der Waals surface area (Å²) in [6, 6.07) is 5.70. The number of benzene rings is 1. The Kier molecular flexibility index (Phi) is 4.95. The second-order valence-electron chi connectivity index (χ2n) is 5.06. The molecule has 0 aliphatic rings. The van der Waals surface area contributed by atoms with Gasteiger partial charge in [-0.1, -0.05) is 18.2 Å². The van der Waals surface area contributed by atoms with Crippen molar-refractivity contribution in [1.29, 1.82) is 0 Å². The lowest BCUT2D eigenvalue weighted by molar-refractivity contribution is -0.117. The number of rotatable bonds is 4. The van der Waals surface area contributed by atoms with Crippen LogP contribution >= 0.6 is 15.9 Å². The van der Waals surface area contributed by atoms with Crippen molar-refractivity contribution in [2.24, 2.45) is 0 Å². The van der Waals surface area contributed by atoms with Crippen LogP contribution in [0.1, 0.15) is 28.9 Å². The first-order valence-corrected chi connectivity index (χ1v) is 7.47. The average Bonchev–Trinajstić information content (AvgIpc) is 2.71. The van der Waals surface area contributed by atoms with Gasteiger partial charge in [-0.2, -0.15) is 5.10 Å². The average molecular weight is 372 g/mol. The summed E-state index contributed by atoms with van der Waals surface area (Å²) in [5.41, 5.74) is 2.77. The fourth-order valence-electron chi connectivity index (χ4n) is 2.17. The van der Waals surface area contributed by atoms with E-state index in [9.17, 15) is 13.6 Å². The minimum Gasteiger partial charge on any atom is -0.324 e. The minimum absolute atomic E-state index is 0.120. The molecule has 0 bridgehead atoms. The number of alkyl halides is 2. The van der Waals surface area contributed by atoms with Gasteiger partial charge in [0, 0.05) is 5.69 Å². The number of anilines is 1. The predicted octanol–water partition coefficient (Wildman–Crippen LogP) is 4.15. The molecule has 0 aliphatic heterocycles. The molecule has 0 fully saturated rings. The molecule has 0 unspecified atom stereocenters. The lowest BCUT2D eigenvalue weighted by Gasteiger charge is -2.12. The van der Waals surface area contributed by atoms with Crippen molar-refractivity contribution in [2.45, 2.75) is 33.7 Å². The first-order valence-electron chi connectivity index (χ1n) is 6.68. The van der Waals surface area contributed by atoms with Crippen molar-refractivity contribution >= 4 is 27.5 Å². The molecule has 0 radical (unpaired) electrons. The van der Waals surface area contributed by atoms with Gasteiger partial charge in [-0.15, -0.1) is 0 Å². The highest BCUT2D eigenvalue weighted by molar-refractivity contribution is 9.10. The normalized spacial score (nSPS) is 11.0. The maximum Gasteiger partial charge on any atom is 0.283 e. The Bertz CT molecular complexity index is 693. The largest absolute Gasteiger partial charge is 0.324 e. The number of halogens is 3. The van der Waals surface area contributed by atoms with Gasteiger partial charge in [0.25, 0.3) is 6.43 Å². The van der Waals surface area contributed by atoms with Gasteiger partial charge < -0.3 is 5.32 Å². The molecule has 1 aromatic heterocycles.